The van der Waals surface area contributed by atoms with Gasteiger partial charge in [-0.3, -0.25) is 0 Å². The van der Waals surface area contributed by atoms with E-state index in [4.69, 9.17) is 0 Å². The van der Waals surface area contributed by atoms with Crippen LogP contribution in [0.15, 0.2) is 29.4 Å². The second-order valence-electron chi connectivity index (χ2n) is 5.65. The Morgan fingerprint density at radius 2 is 1.84 bits per heavy atom. The highest BCUT2D eigenvalue weighted by atomic mass is 16.4. The molecule has 0 aromatic heterocycles. The molecule has 102 valence electrons. The fraction of sp³-hybridized carbons (Fsp3) is 0.562. The summed E-state index contributed by atoms with van der Waals surface area (Å²) in [6, 6.07) is 9.07. The highest BCUT2D eigenvalue weighted by Crippen LogP contribution is 2.32. The molecular formula is C16H22N2O. The zero-order chi connectivity index (χ0) is 13.1. The van der Waals surface area contributed by atoms with Crippen LogP contribution >= 0.6 is 0 Å². The first-order valence-electron chi connectivity index (χ1n) is 7.47. The van der Waals surface area contributed by atoms with E-state index in [-0.39, 0.29) is 0 Å². The second kappa shape index (κ2) is 5.64. The van der Waals surface area contributed by atoms with E-state index >= 15 is 0 Å². The molecule has 1 saturated carbocycles. The summed E-state index contributed by atoms with van der Waals surface area (Å²) >= 11 is 0. The van der Waals surface area contributed by atoms with E-state index in [1.54, 1.807) is 0 Å². The summed E-state index contributed by atoms with van der Waals surface area (Å²) in [6.45, 7) is 1.08. The lowest BCUT2D eigenvalue weighted by Crippen LogP contribution is -2.37. The fourth-order valence-corrected chi connectivity index (χ4v) is 3.52. The molecule has 3 heteroatoms. The summed E-state index contributed by atoms with van der Waals surface area (Å²) in [4.78, 5) is 2.56. The summed E-state index contributed by atoms with van der Waals surface area (Å²) in [6.07, 6.45) is 8.64. The van der Waals surface area contributed by atoms with E-state index in [9.17, 15) is 5.21 Å². The first-order chi connectivity index (χ1) is 9.40. The standard InChI is InChI=1S/C16H22N2O/c19-17-15-10-6-12-18(13-7-2-1-3-8-13)16-11-5-4-9-14(15)16/h4-5,9,11,13,19H,1-3,6-8,10,12H2/b17-15-. The van der Waals surface area contributed by atoms with E-state index in [2.05, 4.69) is 28.3 Å². The third-order valence-electron chi connectivity index (χ3n) is 4.47. The van der Waals surface area contributed by atoms with Crippen LogP contribution in [0.4, 0.5) is 5.69 Å². The maximum Gasteiger partial charge on any atom is 0.0889 e. The van der Waals surface area contributed by atoms with Crippen molar-refractivity contribution >= 4 is 11.4 Å². The monoisotopic (exact) mass is 258 g/mol. The predicted octanol–water partition coefficient (Wildman–Crippen LogP) is 3.80. The van der Waals surface area contributed by atoms with Crippen LogP contribution in [0.1, 0.15) is 50.5 Å². The average molecular weight is 258 g/mol. The second-order valence-corrected chi connectivity index (χ2v) is 5.65. The molecule has 2 aliphatic rings. The Labute approximate surface area is 114 Å². The maximum absolute atomic E-state index is 9.23. The van der Waals surface area contributed by atoms with Crippen molar-refractivity contribution in [3.05, 3.63) is 29.8 Å². The number of para-hydroxylation sites is 1. The van der Waals surface area contributed by atoms with Gasteiger partial charge >= 0.3 is 0 Å². The average Bonchev–Trinajstić information content (AvgIpc) is 2.67. The first kappa shape index (κ1) is 12.5. The molecule has 1 aliphatic carbocycles. The topological polar surface area (TPSA) is 35.8 Å². The van der Waals surface area contributed by atoms with Crippen molar-refractivity contribution in [1.29, 1.82) is 0 Å². The molecular weight excluding hydrogens is 236 g/mol. The van der Waals surface area contributed by atoms with Crippen LogP contribution in [0.25, 0.3) is 0 Å². The van der Waals surface area contributed by atoms with Crippen molar-refractivity contribution in [3.8, 4) is 0 Å². The van der Waals surface area contributed by atoms with E-state index in [1.165, 1.54) is 37.8 Å². The quantitative estimate of drug-likeness (QED) is 0.614. The largest absolute Gasteiger partial charge is 0.411 e. The molecule has 3 rings (SSSR count). The maximum atomic E-state index is 9.23. The van der Waals surface area contributed by atoms with Crippen LogP contribution in [-0.4, -0.2) is 23.5 Å². The smallest absolute Gasteiger partial charge is 0.0889 e. The van der Waals surface area contributed by atoms with Crippen LogP contribution in [0.3, 0.4) is 0 Å². The number of oxime groups is 1. The Morgan fingerprint density at radius 1 is 1.05 bits per heavy atom. The van der Waals surface area contributed by atoms with Gasteiger partial charge in [0.15, 0.2) is 0 Å². The lowest BCUT2D eigenvalue weighted by Gasteiger charge is -2.36. The van der Waals surface area contributed by atoms with Gasteiger partial charge in [-0.2, -0.15) is 0 Å². The van der Waals surface area contributed by atoms with Crippen LogP contribution < -0.4 is 4.90 Å². The molecule has 0 spiro atoms. The summed E-state index contributed by atoms with van der Waals surface area (Å²) in [5.41, 5.74) is 3.22. The summed E-state index contributed by atoms with van der Waals surface area (Å²) in [5, 5.41) is 12.7. The van der Waals surface area contributed by atoms with Gasteiger partial charge in [0.1, 0.15) is 0 Å². The van der Waals surface area contributed by atoms with E-state index in [1.807, 2.05) is 6.07 Å². The van der Waals surface area contributed by atoms with Gasteiger partial charge in [0.05, 0.1) is 5.71 Å². The highest BCUT2D eigenvalue weighted by molar-refractivity contribution is 6.05. The molecule has 19 heavy (non-hydrogen) atoms. The minimum absolute atomic E-state index is 0.674. The zero-order valence-electron chi connectivity index (χ0n) is 11.4. The number of anilines is 1. The van der Waals surface area contributed by atoms with Gasteiger partial charge in [-0.1, -0.05) is 42.6 Å². The summed E-state index contributed by atoms with van der Waals surface area (Å²) < 4.78 is 0. The van der Waals surface area contributed by atoms with Crippen molar-refractivity contribution in [2.75, 3.05) is 11.4 Å². The number of rotatable bonds is 1. The highest BCUT2D eigenvalue weighted by Gasteiger charge is 2.26. The lowest BCUT2D eigenvalue weighted by molar-refractivity contribution is 0.318. The van der Waals surface area contributed by atoms with Crippen LogP contribution in [0.2, 0.25) is 0 Å². The molecule has 1 aromatic carbocycles. The molecule has 0 amide bonds. The fourth-order valence-electron chi connectivity index (χ4n) is 3.52. The van der Waals surface area contributed by atoms with Crippen molar-refractivity contribution in [2.45, 2.75) is 51.0 Å². The molecule has 3 nitrogen and oxygen atoms in total. The molecule has 1 heterocycles. The SMILES string of the molecule is O/N=C1/CCCN(C2CCCCC2)c2ccccc21. The zero-order valence-corrected chi connectivity index (χ0v) is 11.4. The Kier molecular flexibility index (Phi) is 3.72. The van der Waals surface area contributed by atoms with Gasteiger partial charge in [0.2, 0.25) is 0 Å². The number of hydrogen-bond acceptors (Lipinski definition) is 3. The molecule has 1 aliphatic heterocycles. The summed E-state index contributed by atoms with van der Waals surface area (Å²) in [5.74, 6) is 0. The van der Waals surface area contributed by atoms with Crippen molar-refractivity contribution in [1.82, 2.24) is 0 Å². The predicted molar refractivity (Wildman–Crippen MR) is 78.2 cm³/mol. The molecule has 0 atom stereocenters. The van der Waals surface area contributed by atoms with Gasteiger partial charge in [0, 0.05) is 23.8 Å². The third kappa shape index (κ3) is 2.46. The number of fused-ring (bicyclic) bond motifs is 1. The molecule has 0 saturated heterocycles. The van der Waals surface area contributed by atoms with E-state index in [0.29, 0.717) is 6.04 Å². The van der Waals surface area contributed by atoms with Crippen molar-refractivity contribution in [3.63, 3.8) is 0 Å². The van der Waals surface area contributed by atoms with Gasteiger partial charge < -0.3 is 10.1 Å². The van der Waals surface area contributed by atoms with Crippen LogP contribution in [0.5, 0.6) is 0 Å². The first-order valence-corrected chi connectivity index (χ1v) is 7.47. The van der Waals surface area contributed by atoms with Crippen molar-refractivity contribution in [2.24, 2.45) is 5.16 Å². The number of hydrogen-bond donors (Lipinski definition) is 1. The number of benzene rings is 1. The molecule has 1 N–H and O–H groups in total. The molecule has 0 radical (unpaired) electrons. The van der Waals surface area contributed by atoms with Crippen LogP contribution in [-0.2, 0) is 0 Å². The Hall–Kier alpha value is -1.51. The van der Waals surface area contributed by atoms with Crippen molar-refractivity contribution < 1.29 is 5.21 Å². The summed E-state index contributed by atoms with van der Waals surface area (Å²) in [7, 11) is 0. The van der Waals surface area contributed by atoms with Gasteiger partial charge in [-0.05, 0) is 31.7 Å². The minimum Gasteiger partial charge on any atom is -0.411 e. The Bertz CT molecular complexity index is 464. The van der Waals surface area contributed by atoms with Crippen LogP contribution in [0, 0.1) is 0 Å². The van der Waals surface area contributed by atoms with Gasteiger partial charge in [-0.15, -0.1) is 0 Å². The Balaban J connectivity index is 1.96. The molecule has 1 fully saturated rings. The number of nitrogens with zero attached hydrogens (tertiary/aromatic N) is 2. The molecule has 1 aromatic rings. The Morgan fingerprint density at radius 3 is 2.63 bits per heavy atom. The van der Waals surface area contributed by atoms with E-state index < -0.39 is 0 Å². The normalized spacial score (nSPS) is 23.2. The lowest BCUT2D eigenvalue weighted by atomic mass is 9.93. The molecule has 0 bridgehead atoms. The molecule has 0 unspecified atom stereocenters. The van der Waals surface area contributed by atoms with Gasteiger partial charge in [0.25, 0.3) is 0 Å². The minimum atomic E-state index is 0.674. The van der Waals surface area contributed by atoms with Gasteiger partial charge in [-0.25, -0.2) is 0 Å². The van der Waals surface area contributed by atoms with E-state index in [0.717, 1.165) is 30.7 Å². The third-order valence-corrected chi connectivity index (χ3v) is 4.47.